The van der Waals surface area contributed by atoms with Crippen LogP contribution in [0.3, 0.4) is 0 Å². The van der Waals surface area contributed by atoms with E-state index in [9.17, 15) is 9.59 Å². The van der Waals surface area contributed by atoms with Gasteiger partial charge >= 0.3 is 0 Å². The summed E-state index contributed by atoms with van der Waals surface area (Å²) in [5.41, 5.74) is 2.17. The third-order valence-corrected chi connectivity index (χ3v) is 4.96. The SMILES string of the molecule is O=C(CCCCCCCC(=O)c1cnc(N2CCN(CCO)CC2)nc1)NO. The maximum absolute atomic E-state index is 12.3. The smallest absolute Gasteiger partial charge is 0.243 e. The maximum Gasteiger partial charge on any atom is 0.243 e. The van der Waals surface area contributed by atoms with Gasteiger partial charge in [0.1, 0.15) is 0 Å². The minimum absolute atomic E-state index is 0.0546. The lowest BCUT2D eigenvalue weighted by molar-refractivity contribution is -0.129. The summed E-state index contributed by atoms with van der Waals surface area (Å²) in [6.45, 7) is 4.24. The molecule has 1 aromatic rings. The molecular formula is C19H31N5O4. The number of unbranched alkanes of at least 4 members (excludes halogenated alkanes) is 4. The van der Waals surface area contributed by atoms with Gasteiger partial charge in [0, 0.05) is 58.0 Å². The number of nitrogens with one attached hydrogen (secondary N) is 1. The predicted octanol–water partition coefficient (Wildman–Crippen LogP) is 1.01. The van der Waals surface area contributed by atoms with Crippen LogP contribution in [0.2, 0.25) is 0 Å². The number of aliphatic hydroxyl groups is 1. The van der Waals surface area contributed by atoms with Gasteiger partial charge in [-0.2, -0.15) is 0 Å². The van der Waals surface area contributed by atoms with Gasteiger partial charge in [0.05, 0.1) is 12.2 Å². The van der Waals surface area contributed by atoms with Gasteiger partial charge in [0.15, 0.2) is 5.78 Å². The molecule has 1 amide bonds. The number of ketones is 1. The highest BCUT2D eigenvalue weighted by molar-refractivity contribution is 5.95. The number of Topliss-reactive ketones (excluding diaryl/α,β-unsaturated/α-hetero) is 1. The number of carbonyl (C=O) groups is 2. The number of β-amino-alcohol motifs (C(OH)–C–C–N with tert-alkyl or cyclic N) is 1. The first kappa shape index (κ1) is 22.2. The number of amides is 1. The highest BCUT2D eigenvalue weighted by Crippen LogP contribution is 2.13. The van der Waals surface area contributed by atoms with Crippen molar-refractivity contribution in [2.45, 2.75) is 44.9 Å². The molecule has 1 saturated heterocycles. The van der Waals surface area contributed by atoms with E-state index in [-0.39, 0.29) is 18.3 Å². The molecule has 1 aliphatic heterocycles. The zero-order valence-corrected chi connectivity index (χ0v) is 16.3. The van der Waals surface area contributed by atoms with E-state index >= 15 is 0 Å². The van der Waals surface area contributed by atoms with Crippen molar-refractivity contribution in [3.05, 3.63) is 18.0 Å². The lowest BCUT2D eigenvalue weighted by atomic mass is 10.1. The largest absolute Gasteiger partial charge is 0.395 e. The van der Waals surface area contributed by atoms with Crippen molar-refractivity contribution in [1.82, 2.24) is 20.3 Å². The van der Waals surface area contributed by atoms with E-state index in [0.29, 0.717) is 30.9 Å². The molecular weight excluding hydrogens is 362 g/mol. The van der Waals surface area contributed by atoms with E-state index < -0.39 is 0 Å². The third kappa shape index (κ3) is 7.49. The second-order valence-electron chi connectivity index (χ2n) is 7.05. The number of anilines is 1. The zero-order chi connectivity index (χ0) is 20.2. The van der Waals surface area contributed by atoms with Crippen LogP contribution in [0.25, 0.3) is 0 Å². The lowest BCUT2D eigenvalue weighted by Gasteiger charge is -2.34. The Labute approximate surface area is 165 Å². The molecule has 3 N–H and O–H groups in total. The van der Waals surface area contributed by atoms with E-state index in [4.69, 9.17) is 10.3 Å². The van der Waals surface area contributed by atoms with Crippen molar-refractivity contribution in [1.29, 1.82) is 0 Å². The lowest BCUT2D eigenvalue weighted by Crippen LogP contribution is -2.47. The molecule has 0 radical (unpaired) electrons. The first-order valence-corrected chi connectivity index (χ1v) is 10.0. The summed E-state index contributed by atoms with van der Waals surface area (Å²) in [5.74, 6) is 0.344. The highest BCUT2D eigenvalue weighted by Gasteiger charge is 2.18. The summed E-state index contributed by atoms with van der Waals surface area (Å²) in [7, 11) is 0. The first-order chi connectivity index (χ1) is 13.6. The molecule has 1 aromatic heterocycles. The van der Waals surface area contributed by atoms with Crippen molar-refractivity contribution in [2.75, 3.05) is 44.2 Å². The molecule has 9 nitrogen and oxygen atoms in total. The van der Waals surface area contributed by atoms with Gasteiger partial charge in [0.2, 0.25) is 11.9 Å². The number of piperazine rings is 1. The van der Waals surface area contributed by atoms with Crippen LogP contribution < -0.4 is 10.4 Å². The van der Waals surface area contributed by atoms with Crippen LogP contribution in [0.5, 0.6) is 0 Å². The molecule has 0 aromatic carbocycles. The molecule has 0 bridgehead atoms. The number of hydrogen-bond donors (Lipinski definition) is 3. The molecule has 0 spiro atoms. The fourth-order valence-corrected chi connectivity index (χ4v) is 3.24. The minimum atomic E-state index is -0.356. The summed E-state index contributed by atoms with van der Waals surface area (Å²) >= 11 is 0. The highest BCUT2D eigenvalue weighted by atomic mass is 16.5. The second-order valence-corrected chi connectivity index (χ2v) is 7.05. The average molecular weight is 393 g/mol. The number of rotatable bonds is 12. The fraction of sp³-hybridized carbons (Fsp3) is 0.684. The van der Waals surface area contributed by atoms with Gasteiger partial charge in [-0.05, 0) is 12.8 Å². The van der Waals surface area contributed by atoms with E-state index in [1.54, 1.807) is 17.9 Å². The van der Waals surface area contributed by atoms with Crippen LogP contribution in [0.15, 0.2) is 12.4 Å². The first-order valence-electron chi connectivity index (χ1n) is 10.0. The van der Waals surface area contributed by atoms with Crippen LogP contribution >= 0.6 is 0 Å². The van der Waals surface area contributed by atoms with Gasteiger partial charge < -0.3 is 10.0 Å². The zero-order valence-electron chi connectivity index (χ0n) is 16.3. The van der Waals surface area contributed by atoms with Crippen molar-refractivity contribution >= 4 is 17.6 Å². The monoisotopic (exact) mass is 393 g/mol. The molecule has 1 aliphatic rings. The number of aromatic nitrogens is 2. The number of aliphatic hydroxyl groups excluding tert-OH is 1. The number of hydroxylamine groups is 1. The standard InChI is InChI=1S/C19H31N5O4/c25-13-12-23-8-10-24(11-9-23)19-20-14-16(15-21-19)17(26)6-4-2-1-3-5-7-18(27)22-28/h14-15,25,28H,1-13H2,(H,22,27). The second kappa shape index (κ2) is 12.4. The van der Waals surface area contributed by atoms with E-state index in [2.05, 4.69) is 19.8 Å². The molecule has 28 heavy (non-hydrogen) atoms. The van der Waals surface area contributed by atoms with Crippen molar-refractivity contribution in [3.8, 4) is 0 Å². The molecule has 1 fully saturated rings. The number of nitrogens with zero attached hydrogens (tertiary/aromatic N) is 4. The molecule has 0 aliphatic carbocycles. The van der Waals surface area contributed by atoms with E-state index in [1.807, 2.05) is 0 Å². The Balaban J connectivity index is 1.64. The Kier molecular flexibility index (Phi) is 9.81. The summed E-state index contributed by atoms with van der Waals surface area (Å²) in [6.07, 6.45) is 8.37. The molecule has 9 heteroatoms. The van der Waals surface area contributed by atoms with Gasteiger partial charge in [-0.15, -0.1) is 0 Å². The summed E-state index contributed by atoms with van der Waals surface area (Å²) in [5, 5.41) is 17.4. The summed E-state index contributed by atoms with van der Waals surface area (Å²) in [6, 6.07) is 0. The Morgan fingerprint density at radius 1 is 0.964 bits per heavy atom. The minimum Gasteiger partial charge on any atom is -0.395 e. The van der Waals surface area contributed by atoms with Crippen LogP contribution in [0.1, 0.15) is 55.3 Å². The Morgan fingerprint density at radius 2 is 1.57 bits per heavy atom. The van der Waals surface area contributed by atoms with Gasteiger partial charge in [-0.3, -0.25) is 19.7 Å². The quantitative estimate of drug-likeness (QED) is 0.208. The van der Waals surface area contributed by atoms with Crippen molar-refractivity contribution in [2.24, 2.45) is 0 Å². The summed E-state index contributed by atoms with van der Waals surface area (Å²) in [4.78, 5) is 36.2. The Hall–Kier alpha value is -2.10. The molecule has 2 heterocycles. The summed E-state index contributed by atoms with van der Waals surface area (Å²) < 4.78 is 0. The van der Waals surface area contributed by atoms with Gasteiger partial charge in [-0.25, -0.2) is 15.4 Å². The van der Waals surface area contributed by atoms with E-state index in [0.717, 1.165) is 58.3 Å². The molecule has 0 unspecified atom stereocenters. The molecule has 0 saturated carbocycles. The number of hydrogen-bond acceptors (Lipinski definition) is 8. The molecule has 156 valence electrons. The predicted molar refractivity (Wildman–Crippen MR) is 104 cm³/mol. The normalized spacial score (nSPS) is 14.9. The van der Waals surface area contributed by atoms with Gasteiger partial charge in [0.25, 0.3) is 0 Å². The third-order valence-electron chi connectivity index (χ3n) is 4.96. The topological polar surface area (TPSA) is 119 Å². The van der Waals surface area contributed by atoms with Gasteiger partial charge in [-0.1, -0.05) is 19.3 Å². The molecule has 2 rings (SSSR count). The van der Waals surface area contributed by atoms with E-state index in [1.165, 1.54) is 0 Å². The average Bonchev–Trinajstić information content (AvgIpc) is 2.73. The Morgan fingerprint density at radius 3 is 2.18 bits per heavy atom. The van der Waals surface area contributed by atoms with Crippen LogP contribution in [0, 0.1) is 0 Å². The molecule has 0 atom stereocenters. The van der Waals surface area contributed by atoms with Crippen LogP contribution in [-0.4, -0.2) is 76.2 Å². The van der Waals surface area contributed by atoms with Crippen molar-refractivity contribution < 1.29 is 19.9 Å². The maximum atomic E-state index is 12.3. The number of carbonyl (C=O) groups excluding carboxylic acids is 2. The van der Waals surface area contributed by atoms with Crippen molar-refractivity contribution in [3.63, 3.8) is 0 Å². The fourth-order valence-electron chi connectivity index (χ4n) is 3.24. The van der Waals surface area contributed by atoms with Crippen LogP contribution in [0.4, 0.5) is 5.95 Å². The Bertz CT molecular complexity index is 603. The van der Waals surface area contributed by atoms with Crippen LogP contribution in [-0.2, 0) is 4.79 Å².